The average Bonchev–Trinajstić information content (AvgIpc) is 3.31. The molecule has 4 atom stereocenters. The molecule has 1 saturated carbocycles. The number of hydrogen-bond acceptors (Lipinski definition) is 7. The standard InChI is InChI=1S/C23H25N3O4S/c1-3-5-17-24-25-23(31-17)26-19(13-6-4-7-14(27)11-13)18-20(28)15-10-12(2)8-9-16(15)30-21(18)22(26)29/h4,6-7,11-12,15-16,19,27H,3,5,8-10H2,1-2H3. The van der Waals surface area contributed by atoms with Gasteiger partial charge in [-0.15, -0.1) is 10.2 Å². The zero-order valence-corrected chi connectivity index (χ0v) is 18.4. The van der Waals surface area contributed by atoms with Gasteiger partial charge < -0.3 is 9.84 Å². The second-order valence-corrected chi connectivity index (χ2v) is 9.73. The van der Waals surface area contributed by atoms with Gasteiger partial charge in [0.1, 0.15) is 16.9 Å². The van der Waals surface area contributed by atoms with Crippen LogP contribution in [0.25, 0.3) is 0 Å². The van der Waals surface area contributed by atoms with Gasteiger partial charge in [-0.05, 0) is 49.3 Å². The Morgan fingerprint density at radius 2 is 2.10 bits per heavy atom. The van der Waals surface area contributed by atoms with Crippen molar-refractivity contribution in [1.29, 1.82) is 0 Å². The quantitative estimate of drug-likeness (QED) is 0.776. The number of ether oxygens (including phenoxy) is 1. The highest BCUT2D eigenvalue weighted by Gasteiger charge is 2.53. The smallest absolute Gasteiger partial charge is 0.296 e. The molecule has 1 aromatic carbocycles. The van der Waals surface area contributed by atoms with Crippen LogP contribution >= 0.6 is 11.3 Å². The molecule has 8 heteroatoms. The summed E-state index contributed by atoms with van der Waals surface area (Å²) in [5.74, 6) is 0.0640. The fourth-order valence-corrected chi connectivity index (χ4v) is 5.91. The summed E-state index contributed by atoms with van der Waals surface area (Å²) in [7, 11) is 0. The van der Waals surface area contributed by atoms with Crippen molar-refractivity contribution in [3.8, 4) is 5.75 Å². The Hall–Kier alpha value is -2.74. The monoisotopic (exact) mass is 439 g/mol. The summed E-state index contributed by atoms with van der Waals surface area (Å²) in [5.41, 5.74) is 1.04. The van der Waals surface area contributed by atoms with Crippen molar-refractivity contribution in [2.24, 2.45) is 11.8 Å². The Balaban J connectivity index is 1.62. The molecule has 0 saturated heterocycles. The fourth-order valence-electron chi connectivity index (χ4n) is 4.94. The number of fused-ring (bicyclic) bond motifs is 1. The van der Waals surface area contributed by atoms with Crippen molar-refractivity contribution in [2.45, 2.75) is 58.1 Å². The van der Waals surface area contributed by atoms with Gasteiger partial charge in [0.25, 0.3) is 5.91 Å². The molecule has 2 aliphatic heterocycles. The Morgan fingerprint density at radius 3 is 2.87 bits per heavy atom. The van der Waals surface area contributed by atoms with Gasteiger partial charge in [0.2, 0.25) is 5.13 Å². The summed E-state index contributed by atoms with van der Waals surface area (Å²) < 4.78 is 6.19. The van der Waals surface area contributed by atoms with Crippen LogP contribution in [0.2, 0.25) is 0 Å². The first kappa shape index (κ1) is 20.2. The van der Waals surface area contributed by atoms with Crippen molar-refractivity contribution in [1.82, 2.24) is 10.2 Å². The Morgan fingerprint density at radius 1 is 1.26 bits per heavy atom. The van der Waals surface area contributed by atoms with Crippen LogP contribution in [-0.2, 0) is 20.7 Å². The van der Waals surface area contributed by atoms with E-state index in [0.717, 1.165) is 37.1 Å². The average molecular weight is 440 g/mol. The maximum absolute atomic E-state index is 13.7. The minimum atomic E-state index is -0.678. The van der Waals surface area contributed by atoms with E-state index in [1.165, 1.54) is 16.2 Å². The van der Waals surface area contributed by atoms with Gasteiger partial charge in [-0.25, -0.2) is 0 Å². The lowest BCUT2D eigenvalue weighted by atomic mass is 9.74. The molecule has 0 radical (unpaired) electrons. The van der Waals surface area contributed by atoms with Gasteiger partial charge in [0.15, 0.2) is 11.5 Å². The minimum absolute atomic E-state index is 0.0136. The molecule has 1 fully saturated rings. The van der Waals surface area contributed by atoms with Crippen LogP contribution in [0, 0.1) is 11.8 Å². The third-order valence-corrected chi connectivity index (χ3v) is 7.40. The molecule has 7 nitrogen and oxygen atoms in total. The van der Waals surface area contributed by atoms with Gasteiger partial charge in [-0.2, -0.15) is 0 Å². The van der Waals surface area contributed by atoms with Crippen molar-refractivity contribution in [2.75, 3.05) is 4.90 Å². The van der Waals surface area contributed by atoms with Crippen LogP contribution in [-0.4, -0.2) is 33.1 Å². The minimum Gasteiger partial charge on any atom is -0.508 e. The highest BCUT2D eigenvalue weighted by atomic mass is 32.1. The van der Waals surface area contributed by atoms with Crippen LogP contribution in [0.3, 0.4) is 0 Å². The molecule has 3 heterocycles. The van der Waals surface area contributed by atoms with Crippen LogP contribution in [0.5, 0.6) is 5.75 Å². The highest BCUT2D eigenvalue weighted by Crippen LogP contribution is 2.49. The lowest BCUT2D eigenvalue weighted by Crippen LogP contribution is -2.41. The summed E-state index contributed by atoms with van der Waals surface area (Å²) >= 11 is 1.36. The van der Waals surface area contributed by atoms with E-state index in [9.17, 15) is 14.7 Å². The first-order valence-corrected chi connectivity index (χ1v) is 11.7. The molecule has 4 unspecified atom stereocenters. The van der Waals surface area contributed by atoms with Gasteiger partial charge >= 0.3 is 0 Å². The molecule has 3 aliphatic rings. The number of carbonyl (C=O) groups is 2. The maximum atomic E-state index is 13.7. The van der Waals surface area contributed by atoms with Crippen molar-refractivity contribution in [3.63, 3.8) is 0 Å². The lowest BCUT2D eigenvalue weighted by molar-refractivity contribution is -0.132. The molecule has 1 N–H and O–H groups in total. The third kappa shape index (κ3) is 3.33. The molecule has 31 heavy (non-hydrogen) atoms. The number of phenolic OH excluding ortho intramolecular Hbond substituents is 1. The fraction of sp³-hybridized carbons (Fsp3) is 0.478. The van der Waals surface area contributed by atoms with Crippen molar-refractivity contribution >= 4 is 28.2 Å². The molecular weight excluding hydrogens is 414 g/mol. The van der Waals surface area contributed by atoms with Crippen LogP contribution in [0.4, 0.5) is 5.13 Å². The van der Waals surface area contributed by atoms with Crippen LogP contribution in [0.15, 0.2) is 35.6 Å². The number of ketones is 1. The van der Waals surface area contributed by atoms with E-state index in [1.807, 2.05) is 6.07 Å². The van der Waals surface area contributed by atoms with E-state index in [-0.39, 0.29) is 35.2 Å². The molecule has 1 aromatic heterocycles. The second kappa shape index (κ2) is 7.75. The van der Waals surface area contributed by atoms with Gasteiger partial charge in [0, 0.05) is 6.42 Å². The molecule has 1 aliphatic carbocycles. The first-order chi connectivity index (χ1) is 15.0. The topological polar surface area (TPSA) is 92.6 Å². The van der Waals surface area contributed by atoms with Crippen molar-refractivity contribution in [3.05, 3.63) is 46.2 Å². The normalized spacial score (nSPS) is 27.9. The number of aromatic hydroxyl groups is 1. The van der Waals surface area contributed by atoms with E-state index < -0.39 is 6.04 Å². The number of carbonyl (C=O) groups excluding carboxylic acids is 2. The molecule has 1 amide bonds. The highest BCUT2D eigenvalue weighted by molar-refractivity contribution is 7.15. The molecule has 0 bridgehead atoms. The molecular formula is C23H25N3O4S. The SMILES string of the molecule is CCCc1nnc(N2C(=O)C3=C(C(=O)C4CC(C)CCC4O3)C2c2cccc(O)c2)s1. The summed E-state index contributed by atoms with van der Waals surface area (Å²) in [6, 6.07) is 6.02. The molecule has 0 spiro atoms. The number of aryl methyl sites for hydroxylation is 1. The number of anilines is 1. The van der Waals surface area contributed by atoms with E-state index in [1.54, 1.807) is 18.2 Å². The summed E-state index contributed by atoms with van der Waals surface area (Å²) in [4.78, 5) is 28.7. The number of hydrogen-bond donors (Lipinski definition) is 1. The van der Waals surface area contributed by atoms with E-state index >= 15 is 0 Å². The summed E-state index contributed by atoms with van der Waals surface area (Å²) in [6.45, 7) is 4.22. The van der Waals surface area contributed by atoms with Gasteiger partial charge in [-0.1, -0.05) is 37.3 Å². The summed E-state index contributed by atoms with van der Waals surface area (Å²) in [5, 5.41) is 19.9. The zero-order chi connectivity index (χ0) is 21.7. The Bertz CT molecular complexity index is 1080. The van der Waals surface area contributed by atoms with Crippen LogP contribution < -0.4 is 4.90 Å². The number of Topliss-reactive ketones (excluding diaryl/α,β-unsaturated/α-hetero) is 1. The number of amides is 1. The van der Waals surface area contributed by atoms with E-state index in [4.69, 9.17) is 4.74 Å². The first-order valence-electron chi connectivity index (χ1n) is 10.9. The van der Waals surface area contributed by atoms with Gasteiger partial charge in [-0.3, -0.25) is 14.5 Å². The predicted octanol–water partition coefficient (Wildman–Crippen LogP) is 3.94. The number of nitrogens with zero attached hydrogens (tertiary/aromatic N) is 3. The number of benzene rings is 1. The second-order valence-electron chi connectivity index (χ2n) is 8.69. The number of phenols is 1. The summed E-state index contributed by atoms with van der Waals surface area (Å²) in [6.07, 6.45) is 3.99. The lowest BCUT2D eigenvalue weighted by Gasteiger charge is -2.37. The van der Waals surface area contributed by atoms with E-state index in [2.05, 4.69) is 24.0 Å². The molecule has 5 rings (SSSR count). The Kier molecular flexibility index (Phi) is 5.04. The molecule has 2 aromatic rings. The van der Waals surface area contributed by atoms with E-state index in [0.29, 0.717) is 22.2 Å². The largest absolute Gasteiger partial charge is 0.508 e. The third-order valence-electron chi connectivity index (χ3n) is 6.42. The van der Waals surface area contributed by atoms with Gasteiger partial charge in [0.05, 0.1) is 17.5 Å². The molecule has 162 valence electrons. The predicted molar refractivity (Wildman–Crippen MR) is 116 cm³/mol. The number of aromatic nitrogens is 2. The van der Waals surface area contributed by atoms with Crippen molar-refractivity contribution < 1.29 is 19.4 Å². The maximum Gasteiger partial charge on any atom is 0.296 e. The van der Waals surface area contributed by atoms with Crippen LogP contribution in [0.1, 0.15) is 56.1 Å². The zero-order valence-electron chi connectivity index (χ0n) is 17.6. The number of rotatable bonds is 4. The Labute approximate surface area is 184 Å².